The van der Waals surface area contributed by atoms with Gasteiger partial charge >= 0.3 is 5.97 Å². The van der Waals surface area contributed by atoms with E-state index in [1.54, 1.807) is 13.0 Å². The van der Waals surface area contributed by atoms with E-state index in [9.17, 15) is 9.59 Å². The number of hydrogen-bond acceptors (Lipinski definition) is 2. The van der Waals surface area contributed by atoms with Crippen LogP contribution in [-0.2, 0) is 9.59 Å². The van der Waals surface area contributed by atoms with Crippen molar-refractivity contribution in [1.29, 1.82) is 0 Å². The minimum absolute atomic E-state index is 0.177. The van der Waals surface area contributed by atoms with Gasteiger partial charge < -0.3 is 10.4 Å². The van der Waals surface area contributed by atoms with Crippen molar-refractivity contribution in [3.63, 3.8) is 0 Å². The highest BCUT2D eigenvalue weighted by atomic mass is 79.9. The molecule has 0 aliphatic rings. The van der Waals surface area contributed by atoms with Crippen LogP contribution in [0.15, 0.2) is 34.8 Å². The maximum absolute atomic E-state index is 11.6. The Morgan fingerprint density at radius 2 is 2.10 bits per heavy atom. The molecule has 1 aromatic carbocycles. The van der Waals surface area contributed by atoms with E-state index in [2.05, 4.69) is 21.2 Å². The summed E-state index contributed by atoms with van der Waals surface area (Å²) in [6.45, 7) is 2.15. The molecule has 5 heteroatoms. The van der Waals surface area contributed by atoms with Gasteiger partial charge in [-0.3, -0.25) is 9.59 Å². The summed E-state index contributed by atoms with van der Waals surface area (Å²) in [6.07, 6.45) is 4.42. The highest BCUT2D eigenvalue weighted by Gasteiger charge is 2.09. The first-order valence-electron chi connectivity index (χ1n) is 6.44. The standard InChI is InChI=1S/C15H18BrNO3/c1-11(15(19)20)5-4-10-17-14(18)9-8-12-6-2-3-7-13(12)16/h2-3,6-9,11H,4-5,10H2,1H3,(H,17,18)(H,19,20)/b9-8+. The van der Waals surface area contributed by atoms with Gasteiger partial charge in [0.25, 0.3) is 0 Å². The van der Waals surface area contributed by atoms with Crippen molar-refractivity contribution < 1.29 is 14.7 Å². The summed E-state index contributed by atoms with van der Waals surface area (Å²) in [4.78, 5) is 22.2. The van der Waals surface area contributed by atoms with Crippen LogP contribution in [0.3, 0.4) is 0 Å². The molecule has 1 amide bonds. The zero-order valence-corrected chi connectivity index (χ0v) is 12.9. The highest BCUT2D eigenvalue weighted by molar-refractivity contribution is 9.10. The van der Waals surface area contributed by atoms with Crippen LogP contribution < -0.4 is 5.32 Å². The number of carboxylic acid groups (broad SMARTS) is 1. The maximum atomic E-state index is 11.6. The lowest BCUT2D eigenvalue weighted by Gasteiger charge is -2.06. The molecule has 1 unspecified atom stereocenters. The van der Waals surface area contributed by atoms with Gasteiger partial charge in [-0.05, 0) is 30.5 Å². The molecule has 0 aromatic heterocycles. The van der Waals surface area contributed by atoms with E-state index >= 15 is 0 Å². The average Bonchev–Trinajstić information content (AvgIpc) is 2.42. The van der Waals surface area contributed by atoms with Crippen molar-refractivity contribution in [3.05, 3.63) is 40.4 Å². The third-order valence-corrected chi connectivity index (χ3v) is 3.58. The Labute approximate surface area is 127 Å². The van der Waals surface area contributed by atoms with Crippen molar-refractivity contribution in [2.75, 3.05) is 6.54 Å². The van der Waals surface area contributed by atoms with Crippen LogP contribution in [0.25, 0.3) is 6.08 Å². The summed E-state index contributed by atoms with van der Waals surface area (Å²) in [5.74, 6) is -1.35. The fourth-order valence-corrected chi connectivity index (χ4v) is 1.99. The summed E-state index contributed by atoms with van der Waals surface area (Å²) >= 11 is 3.40. The Morgan fingerprint density at radius 1 is 1.40 bits per heavy atom. The summed E-state index contributed by atoms with van der Waals surface area (Å²) in [7, 11) is 0. The fourth-order valence-electron chi connectivity index (χ4n) is 1.58. The molecule has 1 atom stereocenters. The second-order valence-corrected chi connectivity index (χ2v) is 5.38. The number of carbonyl (C=O) groups excluding carboxylic acids is 1. The van der Waals surface area contributed by atoms with Crippen LogP contribution >= 0.6 is 15.9 Å². The third-order valence-electron chi connectivity index (χ3n) is 2.85. The second-order valence-electron chi connectivity index (χ2n) is 4.53. The van der Waals surface area contributed by atoms with E-state index in [1.807, 2.05) is 24.3 Å². The summed E-state index contributed by atoms with van der Waals surface area (Å²) in [5.41, 5.74) is 0.933. The van der Waals surface area contributed by atoms with E-state index in [0.717, 1.165) is 10.0 Å². The minimum atomic E-state index is -0.801. The van der Waals surface area contributed by atoms with E-state index in [4.69, 9.17) is 5.11 Å². The van der Waals surface area contributed by atoms with Crippen molar-refractivity contribution >= 4 is 33.9 Å². The molecule has 2 N–H and O–H groups in total. The van der Waals surface area contributed by atoms with E-state index in [-0.39, 0.29) is 11.8 Å². The Bertz CT molecular complexity index is 500. The molecular formula is C15H18BrNO3. The normalized spacial score (nSPS) is 12.3. The summed E-state index contributed by atoms with van der Waals surface area (Å²) < 4.78 is 0.930. The number of amides is 1. The maximum Gasteiger partial charge on any atom is 0.306 e. The highest BCUT2D eigenvalue weighted by Crippen LogP contribution is 2.16. The zero-order valence-electron chi connectivity index (χ0n) is 11.3. The van der Waals surface area contributed by atoms with Crippen LogP contribution in [0, 0.1) is 5.92 Å². The van der Waals surface area contributed by atoms with Gasteiger partial charge in [-0.1, -0.05) is 41.1 Å². The molecule has 0 radical (unpaired) electrons. The topological polar surface area (TPSA) is 66.4 Å². The molecule has 0 aliphatic heterocycles. The lowest BCUT2D eigenvalue weighted by Crippen LogP contribution is -2.23. The smallest absolute Gasteiger partial charge is 0.306 e. The molecule has 4 nitrogen and oxygen atoms in total. The number of rotatable bonds is 7. The first kappa shape index (κ1) is 16.4. The molecule has 1 rings (SSSR count). The van der Waals surface area contributed by atoms with Crippen molar-refractivity contribution in [2.45, 2.75) is 19.8 Å². The van der Waals surface area contributed by atoms with Gasteiger partial charge in [0.2, 0.25) is 5.91 Å². The molecule has 0 heterocycles. The summed E-state index contributed by atoms with van der Waals surface area (Å²) in [6, 6.07) is 7.62. The predicted molar refractivity (Wildman–Crippen MR) is 82.2 cm³/mol. The van der Waals surface area contributed by atoms with Crippen LogP contribution in [0.1, 0.15) is 25.3 Å². The van der Waals surface area contributed by atoms with E-state index < -0.39 is 5.97 Å². The molecule has 20 heavy (non-hydrogen) atoms. The average molecular weight is 340 g/mol. The Kier molecular flexibility index (Phi) is 7.01. The van der Waals surface area contributed by atoms with E-state index in [0.29, 0.717) is 19.4 Å². The molecule has 0 fully saturated rings. The molecule has 1 aromatic rings. The predicted octanol–water partition coefficient (Wildman–Crippen LogP) is 3.08. The lowest BCUT2D eigenvalue weighted by atomic mass is 10.1. The Hall–Kier alpha value is -1.62. The summed E-state index contributed by atoms with van der Waals surface area (Å²) in [5, 5.41) is 11.5. The van der Waals surface area contributed by atoms with Crippen LogP contribution in [0.4, 0.5) is 0 Å². The number of halogens is 1. The molecule has 0 saturated heterocycles. The number of hydrogen-bond donors (Lipinski definition) is 2. The van der Waals surface area contributed by atoms with Crippen LogP contribution in [-0.4, -0.2) is 23.5 Å². The fraction of sp³-hybridized carbons (Fsp3) is 0.333. The van der Waals surface area contributed by atoms with Crippen molar-refractivity contribution in [3.8, 4) is 0 Å². The van der Waals surface area contributed by atoms with Crippen molar-refractivity contribution in [1.82, 2.24) is 5.32 Å². The number of nitrogens with one attached hydrogen (secondary N) is 1. The third kappa shape index (κ3) is 6.02. The van der Waals surface area contributed by atoms with Crippen LogP contribution in [0.5, 0.6) is 0 Å². The van der Waals surface area contributed by atoms with Crippen molar-refractivity contribution in [2.24, 2.45) is 5.92 Å². The van der Waals surface area contributed by atoms with Gasteiger partial charge in [-0.2, -0.15) is 0 Å². The monoisotopic (exact) mass is 339 g/mol. The number of carboxylic acids is 1. The lowest BCUT2D eigenvalue weighted by molar-refractivity contribution is -0.141. The largest absolute Gasteiger partial charge is 0.481 e. The molecule has 108 valence electrons. The molecule has 0 spiro atoms. The van der Waals surface area contributed by atoms with Crippen LogP contribution in [0.2, 0.25) is 0 Å². The van der Waals surface area contributed by atoms with Gasteiger partial charge in [0.1, 0.15) is 0 Å². The number of carbonyl (C=O) groups is 2. The van der Waals surface area contributed by atoms with Gasteiger partial charge in [0.15, 0.2) is 0 Å². The Morgan fingerprint density at radius 3 is 2.75 bits per heavy atom. The SMILES string of the molecule is CC(CCCNC(=O)/C=C/c1ccccc1Br)C(=O)O. The molecular weight excluding hydrogens is 322 g/mol. The number of benzene rings is 1. The van der Waals surface area contributed by atoms with Gasteiger partial charge in [0.05, 0.1) is 5.92 Å². The quantitative estimate of drug-likeness (QED) is 0.592. The first-order chi connectivity index (χ1) is 9.50. The van der Waals surface area contributed by atoms with E-state index in [1.165, 1.54) is 6.08 Å². The second kappa shape index (κ2) is 8.53. The Balaban J connectivity index is 2.31. The molecule has 0 saturated carbocycles. The minimum Gasteiger partial charge on any atom is -0.481 e. The molecule has 0 aliphatic carbocycles. The van der Waals surface area contributed by atoms with Gasteiger partial charge in [-0.25, -0.2) is 0 Å². The zero-order chi connectivity index (χ0) is 15.0. The van der Waals surface area contributed by atoms with Gasteiger partial charge in [0, 0.05) is 17.1 Å². The van der Waals surface area contributed by atoms with Gasteiger partial charge in [-0.15, -0.1) is 0 Å². The molecule has 0 bridgehead atoms. The number of aliphatic carboxylic acids is 1. The first-order valence-corrected chi connectivity index (χ1v) is 7.23.